The van der Waals surface area contributed by atoms with Gasteiger partial charge in [-0.3, -0.25) is 0 Å². The van der Waals surface area contributed by atoms with Crippen molar-refractivity contribution in [2.24, 2.45) is 5.73 Å². The second-order valence-corrected chi connectivity index (χ2v) is 5.79. The molecule has 118 valence electrons. The number of alkyl halides is 3. The first-order valence-corrected chi connectivity index (χ1v) is 7.56. The molecule has 0 amide bonds. The number of halogens is 3. The molecule has 5 heteroatoms. The van der Waals surface area contributed by atoms with Crippen LogP contribution in [0.4, 0.5) is 18.9 Å². The lowest BCUT2D eigenvalue weighted by Gasteiger charge is -2.34. The lowest BCUT2D eigenvalue weighted by atomic mass is 9.93. The van der Waals surface area contributed by atoms with Gasteiger partial charge in [0.25, 0.3) is 0 Å². The quantitative estimate of drug-likeness (QED) is 0.911. The Morgan fingerprint density at radius 2 is 1.86 bits per heavy atom. The fraction of sp³-hybridized carbons (Fsp3) is 0.625. The van der Waals surface area contributed by atoms with Crippen LogP contribution >= 0.6 is 0 Å². The number of hydrogen-bond donors (Lipinski definition) is 1. The Morgan fingerprint density at radius 3 is 2.43 bits per heavy atom. The van der Waals surface area contributed by atoms with Gasteiger partial charge in [-0.15, -0.1) is 0 Å². The van der Waals surface area contributed by atoms with Crippen LogP contribution in [0.25, 0.3) is 0 Å². The molecule has 0 bridgehead atoms. The molecule has 0 aliphatic heterocycles. The number of anilines is 1. The molecule has 0 radical (unpaired) electrons. The smallest absolute Gasteiger partial charge is 0.371 e. The Kier molecular flexibility index (Phi) is 5.14. The second-order valence-electron chi connectivity index (χ2n) is 5.79. The molecule has 1 aromatic carbocycles. The summed E-state index contributed by atoms with van der Waals surface area (Å²) in [5.74, 6) is 0. The molecule has 0 spiro atoms. The van der Waals surface area contributed by atoms with Crippen molar-refractivity contribution >= 4 is 5.69 Å². The first kappa shape index (κ1) is 16.1. The normalized spacial score (nSPS) is 17.0. The van der Waals surface area contributed by atoms with E-state index in [2.05, 4.69) is 0 Å². The summed E-state index contributed by atoms with van der Waals surface area (Å²) in [6.07, 6.45) is 1.46. The van der Waals surface area contributed by atoms with Gasteiger partial charge in [0.2, 0.25) is 0 Å². The largest absolute Gasteiger partial charge is 0.418 e. The third-order valence-corrected chi connectivity index (χ3v) is 4.30. The van der Waals surface area contributed by atoms with E-state index in [1.165, 1.54) is 12.5 Å². The number of hydrogen-bond acceptors (Lipinski definition) is 2. The van der Waals surface area contributed by atoms with Gasteiger partial charge < -0.3 is 10.6 Å². The van der Waals surface area contributed by atoms with Crippen molar-refractivity contribution in [2.45, 2.75) is 50.7 Å². The summed E-state index contributed by atoms with van der Waals surface area (Å²) in [6, 6.07) is 4.82. The molecular weight excluding hydrogens is 277 g/mol. The van der Waals surface area contributed by atoms with Crippen molar-refractivity contribution in [1.29, 1.82) is 0 Å². The van der Waals surface area contributed by atoms with Crippen LogP contribution in [0.5, 0.6) is 0 Å². The topological polar surface area (TPSA) is 29.3 Å². The molecule has 0 saturated heterocycles. The van der Waals surface area contributed by atoms with Crippen molar-refractivity contribution in [1.82, 2.24) is 0 Å². The minimum absolute atomic E-state index is 0.209. The number of nitrogens with zero attached hydrogens (tertiary/aromatic N) is 1. The molecular formula is C16H23F3N2. The first-order valence-electron chi connectivity index (χ1n) is 7.56. The van der Waals surface area contributed by atoms with E-state index in [0.717, 1.165) is 25.7 Å². The van der Waals surface area contributed by atoms with Gasteiger partial charge in [0.1, 0.15) is 0 Å². The molecule has 21 heavy (non-hydrogen) atoms. The van der Waals surface area contributed by atoms with E-state index >= 15 is 0 Å². The SMILES string of the molecule is CN(c1ccc(CCN)cc1C(F)(F)F)C1CCCCC1. The van der Waals surface area contributed by atoms with Crippen LogP contribution in [0.1, 0.15) is 43.2 Å². The Morgan fingerprint density at radius 1 is 1.19 bits per heavy atom. The average molecular weight is 300 g/mol. The molecule has 1 aliphatic rings. The summed E-state index contributed by atoms with van der Waals surface area (Å²) in [6.45, 7) is 0.356. The lowest BCUT2D eigenvalue weighted by Crippen LogP contribution is -2.34. The summed E-state index contributed by atoms with van der Waals surface area (Å²) in [7, 11) is 1.78. The van der Waals surface area contributed by atoms with Crippen molar-refractivity contribution in [3.8, 4) is 0 Å². The van der Waals surface area contributed by atoms with Crippen LogP contribution in [0, 0.1) is 0 Å². The van der Waals surface area contributed by atoms with Crippen LogP contribution in [0.15, 0.2) is 18.2 Å². The van der Waals surface area contributed by atoms with Gasteiger partial charge in [-0.05, 0) is 43.5 Å². The maximum Gasteiger partial charge on any atom is 0.418 e. The van der Waals surface area contributed by atoms with Crippen LogP contribution in [0.3, 0.4) is 0 Å². The third-order valence-electron chi connectivity index (χ3n) is 4.30. The van der Waals surface area contributed by atoms with Crippen molar-refractivity contribution in [3.05, 3.63) is 29.3 Å². The van der Waals surface area contributed by atoms with Crippen LogP contribution in [-0.2, 0) is 12.6 Å². The second kappa shape index (κ2) is 6.69. The maximum absolute atomic E-state index is 13.3. The molecule has 0 unspecified atom stereocenters. The van der Waals surface area contributed by atoms with Crippen molar-refractivity contribution < 1.29 is 13.2 Å². The molecule has 1 aliphatic carbocycles. The van der Waals surface area contributed by atoms with Gasteiger partial charge >= 0.3 is 6.18 Å². The maximum atomic E-state index is 13.3. The highest BCUT2D eigenvalue weighted by Gasteiger charge is 2.35. The van der Waals surface area contributed by atoms with Gasteiger partial charge in [-0.2, -0.15) is 13.2 Å². The Bertz CT molecular complexity index is 465. The predicted molar refractivity (Wildman–Crippen MR) is 79.5 cm³/mol. The monoisotopic (exact) mass is 300 g/mol. The van der Waals surface area contributed by atoms with E-state index < -0.39 is 11.7 Å². The molecule has 2 nitrogen and oxygen atoms in total. The van der Waals surface area contributed by atoms with Crippen LogP contribution < -0.4 is 10.6 Å². The van der Waals surface area contributed by atoms with E-state index in [9.17, 15) is 13.2 Å². The van der Waals surface area contributed by atoms with Gasteiger partial charge in [0.15, 0.2) is 0 Å². The van der Waals surface area contributed by atoms with Gasteiger partial charge in [0.05, 0.1) is 5.56 Å². The highest BCUT2D eigenvalue weighted by atomic mass is 19.4. The first-order chi connectivity index (χ1) is 9.93. The molecule has 0 atom stereocenters. The zero-order valence-corrected chi connectivity index (χ0v) is 12.4. The highest BCUT2D eigenvalue weighted by molar-refractivity contribution is 5.56. The van der Waals surface area contributed by atoms with E-state index in [1.54, 1.807) is 19.2 Å². The third kappa shape index (κ3) is 3.90. The zero-order chi connectivity index (χ0) is 15.5. The van der Waals surface area contributed by atoms with Crippen molar-refractivity contribution in [3.63, 3.8) is 0 Å². The molecule has 2 N–H and O–H groups in total. The molecule has 1 fully saturated rings. The van der Waals surface area contributed by atoms with Crippen LogP contribution in [0.2, 0.25) is 0 Å². The summed E-state index contributed by atoms with van der Waals surface area (Å²) in [5.41, 5.74) is 5.83. The fourth-order valence-electron chi connectivity index (χ4n) is 3.11. The lowest BCUT2D eigenvalue weighted by molar-refractivity contribution is -0.137. The molecule has 1 saturated carbocycles. The fourth-order valence-corrected chi connectivity index (χ4v) is 3.11. The van der Waals surface area contributed by atoms with Gasteiger partial charge in [-0.25, -0.2) is 0 Å². The Labute approximate surface area is 124 Å². The van der Waals surface area contributed by atoms with Gasteiger partial charge in [0, 0.05) is 18.8 Å². The molecule has 0 heterocycles. The van der Waals surface area contributed by atoms with E-state index in [-0.39, 0.29) is 11.7 Å². The number of nitrogens with two attached hydrogens (primary N) is 1. The average Bonchev–Trinajstić information content (AvgIpc) is 2.47. The number of benzene rings is 1. The summed E-state index contributed by atoms with van der Waals surface area (Å²) < 4.78 is 40.0. The number of rotatable bonds is 4. The molecule has 2 rings (SSSR count). The Balaban J connectivity index is 2.32. The van der Waals surface area contributed by atoms with Crippen LogP contribution in [-0.4, -0.2) is 19.6 Å². The molecule has 0 aromatic heterocycles. The minimum Gasteiger partial charge on any atom is -0.371 e. The summed E-state index contributed by atoms with van der Waals surface area (Å²) in [5, 5.41) is 0. The van der Waals surface area contributed by atoms with E-state index in [0.29, 0.717) is 18.5 Å². The Hall–Kier alpha value is -1.23. The highest BCUT2D eigenvalue weighted by Crippen LogP contribution is 2.39. The van der Waals surface area contributed by atoms with E-state index in [4.69, 9.17) is 5.73 Å². The van der Waals surface area contributed by atoms with E-state index in [1.807, 2.05) is 4.90 Å². The zero-order valence-electron chi connectivity index (χ0n) is 12.4. The van der Waals surface area contributed by atoms with Gasteiger partial charge in [-0.1, -0.05) is 25.3 Å². The minimum atomic E-state index is -4.33. The molecule has 1 aromatic rings. The summed E-state index contributed by atoms with van der Waals surface area (Å²) >= 11 is 0. The predicted octanol–water partition coefficient (Wildman–Crippen LogP) is 3.98. The van der Waals surface area contributed by atoms with Crippen molar-refractivity contribution in [2.75, 3.05) is 18.5 Å². The summed E-state index contributed by atoms with van der Waals surface area (Å²) in [4.78, 5) is 1.81. The standard InChI is InChI=1S/C16H23F3N2/c1-21(13-5-3-2-4-6-13)15-8-7-12(9-10-20)11-14(15)16(17,18)19/h7-8,11,13H,2-6,9-10,20H2,1H3.